The summed E-state index contributed by atoms with van der Waals surface area (Å²) in [5, 5.41) is 2.83. The number of nitrogens with one attached hydrogen (secondary N) is 1. The monoisotopic (exact) mass is 421 g/mol. The minimum Gasteiger partial charge on any atom is -0.467 e. The molecule has 0 unspecified atom stereocenters. The minimum atomic E-state index is -0.353. The second-order valence-corrected chi connectivity index (χ2v) is 7.03. The van der Waals surface area contributed by atoms with Gasteiger partial charge in [0.05, 0.1) is 19.4 Å². The van der Waals surface area contributed by atoms with Crippen molar-refractivity contribution in [1.82, 2.24) is 9.80 Å². The summed E-state index contributed by atoms with van der Waals surface area (Å²) in [6, 6.07) is 22.1. The molecule has 7 heteroatoms. The third-order valence-electron chi connectivity index (χ3n) is 4.70. The normalized spacial score (nSPS) is 10.5. The fourth-order valence-corrected chi connectivity index (χ4v) is 3.07. The molecule has 0 saturated heterocycles. The van der Waals surface area contributed by atoms with Crippen LogP contribution >= 0.6 is 0 Å². The SMILES string of the molecule is COCCN(CC(=O)N(Cc1ccccc1)Cc1ccco1)C(=O)Nc1ccccc1. The van der Waals surface area contributed by atoms with Crippen LogP contribution in [-0.4, -0.2) is 48.5 Å². The van der Waals surface area contributed by atoms with E-state index < -0.39 is 0 Å². The Labute approximate surface area is 182 Å². The number of nitrogens with zero attached hydrogens (tertiary/aromatic N) is 2. The first kappa shape index (κ1) is 22.1. The summed E-state index contributed by atoms with van der Waals surface area (Å²) in [5.74, 6) is 0.501. The lowest BCUT2D eigenvalue weighted by molar-refractivity contribution is -0.133. The average Bonchev–Trinajstić information content (AvgIpc) is 3.30. The predicted molar refractivity (Wildman–Crippen MR) is 118 cm³/mol. The Hall–Kier alpha value is -3.58. The van der Waals surface area contributed by atoms with Crippen LogP contribution in [-0.2, 0) is 22.6 Å². The van der Waals surface area contributed by atoms with Crippen molar-refractivity contribution >= 4 is 17.6 Å². The Morgan fingerprint density at radius 1 is 0.903 bits per heavy atom. The Bertz CT molecular complexity index is 930. The van der Waals surface area contributed by atoms with Gasteiger partial charge in [0.25, 0.3) is 0 Å². The van der Waals surface area contributed by atoms with Crippen molar-refractivity contribution in [2.45, 2.75) is 13.1 Å². The molecule has 1 heterocycles. The largest absolute Gasteiger partial charge is 0.467 e. The van der Waals surface area contributed by atoms with E-state index in [1.54, 1.807) is 36.5 Å². The Morgan fingerprint density at radius 3 is 2.26 bits per heavy atom. The predicted octanol–water partition coefficient (Wildman–Crippen LogP) is 3.99. The second kappa shape index (κ2) is 11.6. The van der Waals surface area contributed by atoms with Gasteiger partial charge in [-0.3, -0.25) is 4.79 Å². The van der Waals surface area contributed by atoms with Crippen molar-refractivity contribution in [3.8, 4) is 0 Å². The van der Waals surface area contributed by atoms with E-state index in [-0.39, 0.29) is 18.5 Å². The van der Waals surface area contributed by atoms with E-state index in [0.717, 1.165) is 5.56 Å². The maximum atomic E-state index is 13.2. The lowest BCUT2D eigenvalue weighted by Gasteiger charge is -2.27. The van der Waals surface area contributed by atoms with Crippen LogP contribution in [0.2, 0.25) is 0 Å². The minimum absolute atomic E-state index is 0.0738. The molecule has 0 spiro atoms. The van der Waals surface area contributed by atoms with Crippen LogP contribution in [0.15, 0.2) is 83.5 Å². The van der Waals surface area contributed by atoms with E-state index in [0.29, 0.717) is 37.7 Å². The molecule has 0 aliphatic carbocycles. The first-order valence-corrected chi connectivity index (χ1v) is 10.1. The molecule has 162 valence electrons. The number of para-hydroxylation sites is 1. The van der Waals surface area contributed by atoms with E-state index >= 15 is 0 Å². The van der Waals surface area contributed by atoms with Crippen LogP contribution in [0.1, 0.15) is 11.3 Å². The molecule has 3 amide bonds. The number of urea groups is 1. The van der Waals surface area contributed by atoms with Crippen LogP contribution in [0.3, 0.4) is 0 Å². The number of carbonyl (C=O) groups excluding carboxylic acids is 2. The van der Waals surface area contributed by atoms with Gasteiger partial charge in [-0.2, -0.15) is 0 Å². The molecule has 0 atom stereocenters. The number of amides is 3. The van der Waals surface area contributed by atoms with Crippen LogP contribution in [0, 0.1) is 0 Å². The topological polar surface area (TPSA) is 75.0 Å². The number of ether oxygens (including phenoxy) is 1. The van der Waals surface area contributed by atoms with Gasteiger partial charge in [0.15, 0.2) is 0 Å². The molecular formula is C24H27N3O4. The Balaban J connectivity index is 1.72. The lowest BCUT2D eigenvalue weighted by atomic mass is 10.2. The fraction of sp³-hybridized carbons (Fsp3) is 0.250. The molecule has 31 heavy (non-hydrogen) atoms. The van der Waals surface area contributed by atoms with Gasteiger partial charge in [0.1, 0.15) is 12.3 Å². The molecule has 0 aliphatic heterocycles. The summed E-state index contributed by atoms with van der Waals surface area (Å²) in [7, 11) is 1.56. The van der Waals surface area contributed by atoms with E-state index in [4.69, 9.17) is 9.15 Å². The van der Waals surface area contributed by atoms with Crippen LogP contribution < -0.4 is 5.32 Å². The molecule has 3 rings (SSSR count). The molecule has 7 nitrogen and oxygen atoms in total. The summed E-state index contributed by atoms with van der Waals surface area (Å²) >= 11 is 0. The number of furan rings is 1. The van der Waals surface area contributed by atoms with E-state index in [1.165, 1.54) is 4.90 Å². The van der Waals surface area contributed by atoms with Gasteiger partial charge in [0, 0.05) is 25.9 Å². The van der Waals surface area contributed by atoms with Crippen LogP contribution in [0.5, 0.6) is 0 Å². The third kappa shape index (κ3) is 7.01. The number of carbonyl (C=O) groups is 2. The lowest BCUT2D eigenvalue weighted by Crippen LogP contribution is -2.45. The molecule has 0 aliphatic rings. The first-order valence-electron chi connectivity index (χ1n) is 10.1. The van der Waals surface area contributed by atoms with Crippen molar-refractivity contribution in [2.75, 3.05) is 32.1 Å². The maximum Gasteiger partial charge on any atom is 0.322 e. The second-order valence-electron chi connectivity index (χ2n) is 7.03. The number of anilines is 1. The van der Waals surface area contributed by atoms with E-state index in [9.17, 15) is 9.59 Å². The number of hydrogen-bond donors (Lipinski definition) is 1. The van der Waals surface area contributed by atoms with Crippen molar-refractivity contribution in [3.05, 3.63) is 90.4 Å². The van der Waals surface area contributed by atoms with Crippen molar-refractivity contribution in [2.24, 2.45) is 0 Å². The highest BCUT2D eigenvalue weighted by atomic mass is 16.5. The van der Waals surface area contributed by atoms with Gasteiger partial charge in [-0.05, 0) is 29.8 Å². The molecular weight excluding hydrogens is 394 g/mol. The van der Waals surface area contributed by atoms with E-state index in [1.807, 2.05) is 54.6 Å². The standard InChI is InChI=1S/C24H27N3O4/c1-30-16-14-26(24(29)25-21-11-6-3-7-12-21)19-23(28)27(18-22-13-8-15-31-22)17-20-9-4-2-5-10-20/h2-13,15H,14,16-19H2,1H3,(H,25,29). The molecule has 0 bridgehead atoms. The van der Waals surface area contributed by atoms with Crippen molar-refractivity contribution in [3.63, 3.8) is 0 Å². The highest BCUT2D eigenvalue weighted by Gasteiger charge is 2.22. The summed E-state index contributed by atoms with van der Waals surface area (Å²) in [6.45, 7) is 1.28. The van der Waals surface area contributed by atoms with Crippen LogP contribution in [0.4, 0.5) is 10.5 Å². The van der Waals surface area contributed by atoms with Gasteiger partial charge >= 0.3 is 6.03 Å². The van der Waals surface area contributed by atoms with Crippen molar-refractivity contribution in [1.29, 1.82) is 0 Å². The summed E-state index contributed by atoms with van der Waals surface area (Å²) in [4.78, 5) is 29.2. The van der Waals surface area contributed by atoms with Gasteiger partial charge in [-0.15, -0.1) is 0 Å². The molecule has 1 aromatic heterocycles. The molecule has 1 N–H and O–H groups in total. The zero-order chi connectivity index (χ0) is 21.9. The Kier molecular flexibility index (Phi) is 8.25. The molecule has 0 saturated carbocycles. The van der Waals surface area contributed by atoms with Crippen LogP contribution in [0.25, 0.3) is 0 Å². The molecule has 0 radical (unpaired) electrons. The molecule has 0 fully saturated rings. The highest BCUT2D eigenvalue weighted by Crippen LogP contribution is 2.13. The summed E-state index contributed by atoms with van der Waals surface area (Å²) in [6.07, 6.45) is 1.58. The molecule has 2 aromatic carbocycles. The summed E-state index contributed by atoms with van der Waals surface area (Å²) in [5.41, 5.74) is 1.67. The number of rotatable bonds is 10. The molecule has 3 aromatic rings. The third-order valence-corrected chi connectivity index (χ3v) is 4.70. The zero-order valence-electron chi connectivity index (χ0n) is 17.6. The van der Waals surface area contributed by atoms with Gasteiger partial charge < -0.3 is 24.3 Å². The number of benzene rings is 2. The van der Waals surface area contributed by atoms with Gasteiger partial charge in [-0.1, -0.05) is 48.5 Å². The van der Waals surface area contributed by atoms with Crippen molar-refractivity contribution < 1.29 is 18.7 Å². The zero-order valence-corrected chi connectivity index (χ0v) is 17.6. The average molecular weight is 421 g/mol. The fourth-order valence-electron chi connectivity index (χ4n) is 3.07. The first-order chi connectivity index (χ1) is 15.2. The van der Waals surface area contributed by atoms with Gasteiger partial charge in [0.2, 0.25) is 5.91 Å². The summed E-state index contributed by atoms with van der Waals surface area (Å²) < 4.78 is 10.6. The Morgan fingerprint density at radius 2 is 1.61 bits per heavy atom. The number of hydrogen-bond acceptors (Lipinski definition) is 4. The maximum absolute atomic E-state index is 13.2. The quantitative estimate of drug-likeness (QED) is 0.537. The highest BCUT2D eigenvalue weighted by molar-refractivity contribution is 5.92. The van der Waals surface area contributed by atoms with E-state index in [2.05, 4.69) is 5.32 Å². The smallest absolute Gasteiger partial charge is 0.322 e. The number of methoxy groups -OCH3 is 1. The van der Waals surface area contributed by atoms with Gasteiger partial charge in [-0.25, -0.2) is 4.79 Å².